The fourth-order valence-corrected chi connectivity index (χ4v) is 2.51. The van der Waals surface area contributed by atoms with E-state index in [1.54, 1.807) is 11.0 Å². The molecule has 1 saturated heterocycles. The molecule has 1 aromatic carbocycles. The van der Waals surface area contributed by atoms with Gasteiger partial charge in [0.2, 0.25) is 0 Å². The van der Waals surface area contributed by atoms with Crippen molar-refractivity contribution in [3.05, 3.63) is 42.1 Å². The fourth-order valence-electron chi connectivity index (χ4n) is 2.51. The van der Waals surface area contributed by atoms with E-state index < -0.39 is 6.10 Å². The lowest BCUT2D eigenvalue weighted by Gasteiger charge is -2.33. The van der Waals surface area contributed by atoms with Crippen LogP contribution in [0.4, 0.5) is 0 Å². The monoisotopic (exact) mass is 286 g/mol. The zero-order chi connectivity index (χ0) is 14.8. The number of likely N-dealkylation sites (tertiary alicyclic amines) is 1. The van der Waals surface area contributed by atoms with E-state index in [2.05, 4.69) is 5.16 Å². The van der Waals surface area contributed by atoms with E-state index in [0.29, 0.717) is 18.8 Å². The number of carbonyl (C=O) groups is 1. The van der Waals surface area contributed by atoms with E-state index in [-0.39, 0.29) is 17.5 Å². The lowest BCUT2D eigenvalue weighted by Crippen LogP contribution is -2.45. The van der Waals surface area contributed by atoms with Gasteiger partial charge < -0.3 is 14.5 Å². The Hall–Kier alpha value is -2.14. The molecule has 1 fully saturated rings. The Morgan fingerprint density at radius 3 is 2.86 bits per heavy atom. The molecular weight excluding hydrogens is 268 g/mol. The minimum Gasteiger partial charge on any atom is -0.391 e. The van der Waals surface area contributed by atoms with Crippen molar-refractivity contribution >= 4 is 5.91 Å². The second kappa shape index (κ2) is 5.69. The summed E-state index contributed by atoms with van der Waals surface area (Å²) >= 11 is 0. The van der Waals surface area contributed by atoms with Crippen LogP contribution >= 0.6 is 0 Å². The summed E-state index contributed by atoms with van der Waals surface area (Å²) in [4.78, 5) is 14.0. The molecule has 1 N–H and O–H groups in total. The molecule has 0 bridgehead atoms. The normalized spacial score (nSPS) is 22.3. The molecule has 1 amide bonds. The lowest BCUT2D eigenvalue weighted by atomic mass is 9.96. The Morgan fingerprint density at radius 2 is 2.14 bits per heavy atom. The van der Waals surface area contributed by atoms with Crippen molar-refractivity contribution in [3.8, 4) is 11.3 Å². The molecule has 1 aromatic heterocycles. The number of amides is 1. The minimum atomic E-state index is -0.469. The molecule has 1 aliphatic rings. The summed E-state index contributed by atoms with van der Waals surface area (Å²) in [6.07, 6.45) is 0.333. The molecule has 110 valence electrons. The van der Waals surface area contributed by atoms with Crippen molar-refractivity contribution in [2.45, 2.75) is 19.4 Å². The Labute approximate surface area is 123 Å². The number of aromatic nitrogens is 1. The van der Waals surface area contributed by atoms with Gasteiger partial charge in [-0.3, -0.25) is 4.79 Å². The van der Waals surface area contributed by atoms with Crippen LogP contribution in [-0.4, -0.2) is 40.3 Å². The van der Waals surface area contributed by atoms with Gasteiger partial charge in [0.05, 0.1) is 6.10 Å². The third-order valence-electron chi connectivity index (χ3n) is 3.99. The first kappa shape index (κ1) is 13.8. The summed E-state index contributed by atoms with van der Waals surface area (Å²) < 4.78 is 5.25. The number of rotatable bonds is 2. The van der Waals surface area contributed by atoms with Crippen molar-refractivity contribution in [3.63, 3.8) is 0 Å². The molecule has 21 heavy (non-hydrogen) atoms. The maximum Gasteiger partial charge on any atom is 0.276 e. The highest BCUT2D eigenvalue weighted by atomic mass is 16.5. The van der Waals surface area contributed by atoms with E-state index >= 15 is 0 Å². The molecule has 2 aromatic rings. The van der Waals surface area contributed by atoms with Gasteiger partial charge in [-0.1, -0.05) is 42.4 Å². The molecule has 1 aliphatic heterocycles. The molecule has 2 unspecified atom stereocenters. The predicted molar refractivity (Wildman–Crippen MR) is 77.6 cm³/mol. The van der Waals surface area contributed by atoms with Gasteiger partial charge >= 0.3 is 0 Å². The standard InChI is InChI=1S/C16H18N2O3/c1-11-7-8-18(10-14(11)19)16(20)13-9-15(21-17-13)12-5-3-2-4-6-12/h2-6,9,11,14,19H,7-8,10H2,1H3. The average Bonchev–Trinajstić information content (AvgIpc) is 3.00. The van der Waals surface area contributed by atoms with Gasteiger partial charge in [-0.25, -0.2) is 0 Å². The highest BCUT2D eigenvalue weighted by molar-refractivity contribution is 5.93. The Morgan fingerprint density at radius 1 is 1.38 bits per heavy atom. The van der Waals surface area contributed by atoms with E-state index in [4.69, 9.17) is 4.52 Å². The molecule has 5 nitrogen and oxygen atoms in total. The third kappa shape index (κ3) is 2.83. The van der Waals surface area contributed by atoms with Gasteiger partial charge in [0.1, 0.15) is 0 Å². The average molecular weight is 286 g/mol. The molecule has 3 rings (SSSR count). The first-order chi connectivity index (χ1) is 10.1. The summed E-state index contributed by atoms with van der Waals surface area (Å²) in [5, 5.41) is 13.8. The van der Waals surface area contributed by atoms with Crippen LogP contribution in [0.25, 0.3) is 11.3 Å². The number of hydrogen-bond donors (Lipinski definition) is 1. The molecular formula is C16H18N2O3. The summed E-state index contributed by atoms with van der Waals surface area (Å²) in [5.41, 5.74) is 1.17. The van der Waals surface area contributed by atoms with Crippen LogP contribution in [-0.2, 0) is 0 Å². The zero-order valence-corrected chi connectivity index (χ0v) is 11.9. The van der Waals surface area contributed by atoms with Gasteiger partial charge in [0.25, 0.3) is 5.91 Å². The Bertz CT molecular complexity index is 623. The lowest BCUT2D eigenvalue weighted by molar-refractivity contribution is 0.0243. The number of piperidine rings is 1. The number of β-amino-alcohol motifs (C(OH)–C–C–N with tert-alkyl or cyclic N) is 1. The first-order valence-corrected chi connectivity index (χ1v) is 7.14. The second-order valence-corrected chi connectivity index (χ2v) is 5.53. The van der Waals surface area contributed by atoms with Crippen LogP contribution in [0, 0.1) is 5.92 Å². The molecule has 5 heteroatoms. The van der Waals surface area contributed by atoms with Gasteiger partial charge in [0.15, 0.2) is 11.5 Å². The van der Waals surface area contributed by atoms with Crippen LogP contribution in [0.1, 0.15) is 23.8 Å². The van der Waals surface area contributed by atoms with Crippen LogP contribution in [0.2, 0.25) is 0 Å². The zero-order valence-electron chi connectivity index (χ0n) is 11.9. The quantitative estimate of drug-likeness (QED) is 0.919. The van der Waals surface area contributed by atoms with Gasteiger partial charge in [-0.2, -0.15) is 0 Å². The number of hydrogen-bond acceptors (Lipinski definition) is 4. The van der Waals surface area contributed by atoms with Crippen LogP contribution < -0.4 is 0 Å². The summed E-state index contributed by atoms with van der Waals surface area (Å²) in [6, 6.07) is 11.2. The largest absolute Gasteiger partial charge is 0.391 e. The number of nitrogens with zero attached hydrogens (tertiary/aromatic N) is 2. The van der Waals surface area contributed by atoms with E-state index in [9.17, 15) is 9.90 Å². The number of carbonyl (C=O) groups excluding carboxylic acids is 1. The minimum absolute atomic E-state index is 0.188. The van der Waals surface area contributed by atoms with Gasteiger partial charge in [-0.15, -0.1) is 0 Å². The van der Waals surface area contributed by atoms with Crippen molar-refractivity contribution in [1.29, 1.82) is 0 Å². The van der Waals surface area contributed by atoms with Crippen molar-refractivity contribution in [2.75, 3.05) is 13.1 Å². The molecule has 0 radical (unpaired) electrons. The highest BCUT2D eigenvalue weighted by Gasteiger charge is 2.29. The topological polar surface area (TPSA) is 66.6 Å². The second-order valence-electron chi connectivity index (χ2n) is 5.53. The molecule has 0 spiro atoms. The predicted octanol–water partition coefficient (Wildman–Crippen LogP) is 2.18. The summed E-state index contributed by atoms with van der Waals surface area (Å²) in [6.45, 7) is 2.99. The maximum atomic E-state index is 12.4. The van der Waals surface area contributed by atoms with Crippen LogP contribution in [0.15, 0.2) is 40.9 Å². The smallest absolute Gasteiger partial charge is 0.276 e. The van der Waals surface area contributed by atoms with Crippen LogP contribution in [0.3, 0.4) is 0 Å². The number of benzene rings is 1. The molecule has 2 heterocycles. The molecule has 0 saturated carbocycles. The highest BCUT2D eigenvalue weighted by Crippen LogP contribution is 2.22. The van der Waals surface area contributed by atoms with Crippen molar-refractivity contribution < 1.29 is 14.4 Å². The first-order valence-electron chi connectivity index (χ1n) is 7.14. The molecule has 2 atom stereocenters. The summed E-state index contributed by atoms with van der Waals surface area (Å²) in [5.74, 6) is 0.614. The maximum absolute atomic E-state index is 12.4. The Kier molecular flexibility index (Phi) is 3.75. The van der Waals surface area contributed by atoms with E-state index in [1.165, 1.54) is 0 Å². The van der Waals surface area contributed by atoms with Crippen molar-refractivity contribution in [1.82, 2.24) is 10.1 Å². The van der Waals surface area contributed by atoms with Crippen LogP contribution in [0.5, 0.6) is 0 Å². The fraction of sp³-hybridized carbons (Fsp3) is 0.375. The van der Waals surface area contributed by atoms with Gasteiger partial charge in [0, 0.05) is 24.7 Å². The number of aliphatic hydroxyl groups is 1. The molecule has 0 aliphatic carbocycles. The third-order valence-corrected chi connectivity index (χ3v) is 3.99. The van der Waals surface area contributed by atoms with E-state index in [1.807, 2.05) is 37.3 Å². The Balaban J connectivity index is 1.76. The SMILES string of the molecule is CC1CCN(C(=O)c2cc(-c3ccccc3)on2)CC1O. The van der Waals surface area contributed by atoms with Gasteiger partial charge in [-0.05, 0) is 12.3 Å². The van der Waals surface area contributed by atoms with E-state index in [0.717, 1.165) is 12.0 Å². The summed E-state index contributed by atoms with van der Waals surface area (Å²) in [7, 11) is 0. The van der Waals surface area contributed by atoms with Crippen molar-refractivity contribution in [2.24, 2.45) is 5.92 Å². The number of aliphatic hydroxyl groups excluding tert-OH is 1.